The quantitative estimate of drug-likeness (QED) is 0.778. The number of rotatable bonds is 4. The Morgan fingerprint density at radius 1 is 1.26 bits per heavy atom. The Hall–Kier alpha value is -0.810. The summed E-state index contributed by atoms with van der Waals surface area (Å²) in [7, 11) is 4.04. The third-order valence-electron chi connectivity index (χ3n) is 4.42. The molecule has 0 spiro atoms. The molecule has 0 bridgehead atoms. The average Bonchev–Trinajstić information content (AvgIpc) is 2.89. The zero-order valence-electron chi connectivity index (χ0n) is 12.2. The van der Waals surface area contributed by atoms with Crippen molar-refractivity contribution in [2.45, 2.75) is 31.7 Å². The van der Waals surface area contributed by atoms with E-state index in [0.29, 0.717) is 18.6 Å². The van der Waals surface area contributed by atoms with Gasteiger partial charge in [0.1, 0.15) is 6.61 Å². The first-order valence-corrected chi connectivity index (χ1v) is 7.49. The Balaban J connectivity index is 1.84. The van der Waals surface area contributed by atoms with Gasteiger partial charge in [-0.25, -0.2) is 4.79 Å². The van der Waals surface area contributed by atoms with Gasteiger partial charge in [-0.15, -0.1) is 0 Å². The molecule has 0 aromatic rings. The molecule has 5 heteroatoms. The lowest BCUT2D eigenvalue weighted by Crippen LogP contribution is -2.44. The van der Waals surface area contributed by atoms with Gasteiger partial charge in [0.25, 0.3) is 0 Å². The van der Waals surface area contributed by atoms with Crippen LogP contribution in [0.25, 0.3) is 0 Å². The zero-order chi connectivity index (χ0) is 13.7. The predicted molar refractivity (Wildman–Crippen MR) is 75.2 cm³/mol. The van der Waals surface area contributed by atoms with Gasteiger partial charge >= 0.3 is 6.09 Å². The SMILES string of the molecule is CNCCOC(=O)N1CCC[C@H]1C1CCN(C)CC1. The van der Waals surface area contributed by atoms with Crippen LogP contribution in [0.1, 0.15) is 25.7 Å². The van der Waals surface area contributed by atoms with Crippen molar-refractivity contribution in [2.75, 3.05) is 46.9 Å². The molecule has 0 aromatic carbocycles. The highest BCUT2D eigenvalue weighted by atomic mass is 16.6. The van der Waals surface area contributed by atoms with Crippen LogP contribution in [0.2, 0.25) is 0 Å². The molecule has 1 amide bonds. The number of likely N-dealkylation sites (tertiary alicyclic amines) is 2. The molecule has 2 rings (SSSR count). The van der Waals surface area contributed by atoms with Gasteiger partial charge in [0.05, 0.1) is 0 Å². The topological polar surface area (TPSA) is 44.8 Å². The average molecular weight is 269 g/mol. The third kappa shape index (κ3) is 3.83. The lowest BCUT2D eigenvalue weighted by Gasteiger charge is -2.36. The van der Waals surface area contributed by atoms with E-state index >= 15 is 0 Å². The van der Waals surface area contributed by atoms with Crippen LogP contribution in [-0.4, -0.2) is 68.8 Å². The molecule has 2 fully saturated rings. The van der Waals surface area contributed by atoms with Crippen LogP contribution in [0, 0.1) is 5.92 Å². The summed E-state index contributed by atoms with van der Waals surface area (Å²) in [5.74, 6) is 0.663. The molecule has 2 aliphatic heterocycles. The number of hydrogen-bond acceptors (Lipinski definition) is 4. The number of ether oxygens (including phenoxy) is 1. The van der Waals surface area contributed by atoms with E-state index in [4.69, 9.17) is 4.74 Å². The molecule has 0 saturated carbocycles. The summed E-state index contributed by atoms with van der Waals surface area (Å²) in [5.41, 5.74) is 0. The molecule has 2 heterocycles. The largest absolute Gasteiger partial charge is 0.448 e. The summed E-state index contributed by atoms with van der Waals surface area (Å²) in [5, 5.41) is 2.99. The first-order chi connectivity index (χ1) is 9.22. The second-order valence-corrected chi connectivity index (χ2v) is 5.76. The minimum atomic E-state index is -0.114. The number of amides is 1. The Labute approximate surface area is 116 Å². The number of piperidine rings is 1. The van der Waals surface area contributed by atoms with Crippen LogP contribution >= 0.6 is 0 Å². The van der Waals surface area contributed by atoms with Crippen LogP contribution in [0.3, 0.4) is 0 Å². The normalized spacial score (nSPS) is 25.8. The molecule has 1 atom stereocenters. The van der Waals surface area contributed by atoms with Crippen molar-refractivity contribution in [3.63, 3.8) is 0 Å². The van der Waals surface area contributed by atoms with Crippen LogP contribution in [0.4, 0.5) is 4.79 Å². The molecule has 110 valence electrons. The van der Waals surface area contributed by atoms with Gasteiger partial charge in [0.2, 0.25) is 0 Å². The summed E-state index contributed by atoms with van der Waals surface area (Å²) in [6.07, 6.45) is 4.58. The van der Waals surface area contributed by atoms with Gasteiger partial charge in [0, 0.05) is 19.1 Å². The number of carbonyl (C=O) groups is 1. The Kier molecular flexibility index (Phi) is 5.45. The second-order valence-electron chi connectivity index (χ2n) is 5.76. The molecule has 19 heavy (non-hydrogen) atoms. The van der Waals surface area contributed by atoms with Crippen LogP contribution in [0.15, 0.2) is 0 Å². The number of hydrogen-bond donors (Lipinski definition) is 1. The van der Waals surface area contributed by atoms with Crippen molar-refractivity contribution in [1.82, 2.24) is 15.1 Å². The van der Waals surface area contributed by atoms with E-state index in [9.17, 15) is 4.79 Å². The summed E-state index contributed by atoms with van der Waals surface area (Å²) in [4.78, 5) is 16.5. The minimum absolute atomic E-state index is 0.114. The molecule has 2 saturated heterocycles. The highest BCUT2D eigenvalue weighted by Crippen LogP contribution is 2.31. The van der Waals surface area contributed by atoms with Crippen molar-refractivity contribution in [2.24, 2.45) is 5.92 Å². The van der Waals surface area contributed by atoms with Crippen LogP contribution in [-0.2, 0) is 4.74 Å². The van der Waals surface area contributed by atoms with Gasteiger partial charge in [-0.3, -0.25) is 0 Å². The maximum Gasteiger partial charge on any atom is 0.410 e. The summed E-state index contributed by atoms with van der Waals surface area (Å²) >= 11 is 0. The van der Waals surface area contributed by atoms with Crippen LogP contribution < -0.4 is 5.32 Å². The van der Waals surface area contributed by atoms with E-state index in [1.807, 2.05) is 11.9 Å². The van der Waals surface area contributed by atoms with Crippen LogP contribution in [0.5, 0.6) is 0 Å². The minimum Gasteiger partial charge on any atom is -0.448 e. The number of nitrogens with zero attached hydrogens (tertiary/aromatic N) is 2. The molecule has 0 unspecified atom stereocenters. The first kappa shape index (κ1) is 14.6. The maximum atomic E-state index is 12.1. The standard InChI is InChI=1S/C14H27N3O2/c1-15-7-11-19-14(18)17-8-3-4-13(17)12-5-9-16(2)10-6-12/h12-13,15H,3-11H2,1-2H3/t13-/m0/s1. The Morgan fingerprint density at radius 3 is 2.68 bits per heavy atom. The molecule has 1 N–H and O–H groups in total. The van der Waals surface area contributed by atoms with Gasteiger partial charge in [-0.2, -0.15) is 0 Å². The number of likely N-dealkylation sites (N-methyl/N-ethyl adjacent to an activating group) is 1. The van der Waals surface area contributed by atoms with E-state index < -0.39 is 0 Å². The highest BCUT2D eigenvalue weighted by molar-refractivity contribution is 5.68. The highest BCUT2D eigenvalue weighted by Gasteiger charge is 2.36. The Bertz CT molecular complexity index is 290. The van der Waals surface area contributed by atoms with E-state index in [1.54, 1.807) is 0 Å². The zero-order valence-corrected chi connectivity index (χ0v) is 12.2. The van der Waals surface area contributed by atoms with Gasteiger partial charge < -0.3 is 19.9 Å². The maximum absolute atomic E-state index is 12.1. The summed E-state index contributed by atoms with van der Waals surface area (Å²) < 4.78 is 5.32. The molecule has 0 radical (unpaired) electrons. The van der Waals surface area contributed by atoms with Crippen molar-refractivity contribution in [3.8, 4) is 0 Å². The number of carbonyl (C=O) groups excluding carboxylic acids is 1. The summed E-state index contributed by atoms with van der Waals surface area (Å²) in [6.45, 7) is 4.37. The monoisotopic (exact) mass is 269 g/mol. The molecular weight excluding hydrogens is 242 g/mol. The molecular formula is C14H27N3O2. The van der Waals surface area contributed by atoms with Crippen molar-refractivity contribution in [3.05, 3.63) is 0 Å². The Morgan fingerprint density at radius 2 is 2.00 bits per heavy atom. The fourth-order valence-corrected chi connectivity index (χ4v) is 3.25. The van der Waals surface area contributed by atoms with Crippen molar-refractivity contribution in [1.29, 1.82) is 0 Å². The fourth-order valence-electron chi connectivity index (χ4n) is 3.25. The molecule has 0 aliphatic carbocycles. The molecule has 0 aromatic heterocycles. The fraction of sp³-hybridized carbons (Fsp3) is 0.929. The van der Waals surface area contributed by atoms with Gasteiger partial charge in [-0.1, -0.05) is 0 Å². The lowest BCUT2D eigenvalue weighted by atomic mass is 9.88. The number of nitrogens with one attached hydrogen (secondary N) is 1. The smallest absolute Gasteiger partial charge is 0.410 e. The van der Waals surface area contributed by atoms with Crippen molar-refractivity contribution < 1.29 is 9.53 Å². The predicted octanol–water partition coefficient (Wildman–Crippen LogP) is 1.15. The van der Waals surface area contributed by atoms with E-state index in [1.165, 1.54) is 12.8 Å². The first-order valence-electron chi connectivity index (χ1n) is 7.49. The molecule has 2 aliphatic rings. The van der Waals surface area contributed by atoms with E-state index in [0.717, 1.165) is 39.0 Å². The van der Waals surface area contributed by atoms with Crippen molar-refractivity contribution >= 4 is 6.09 Å². The third-order valence-corrected chi connectivity index (χ3v) is 4.42. The van der Waals surface area contributed by atoms with E-state index in [-0.39, 0.29) is 6.09 Å². The second kappa shape index (κ2) is 7.10. The van der Waals surface area contributed by atoms with E-state index in [2.05, 4.69) is 17.3 Å². The summed E-state index contributed by atoms with van der Waals surface area (Å²) in [6, 6.07) is 0.413. The van der Waals surface area contributed by atoms with Gasteiger partial charge in [0.15, 0.2) is 0 Å². The lowest BCUT2D eigenvalue weighted by molar-refractivity contribution is 0.0763. The van der Waals surface area contributed by atoms with Gasteiger partial charge in [-0.05, 0) is 58.8 Å². The molecule has 5 nitrogen and oxygen atoms in total.